The predicted octanol–water partition coefficient (Wildman–Crippen LogP) is 2.34. The van der Waals surface area contributed by atoms with Gasteiger partial charge in [-0.2, -0.15) is 0 Å². The minimum atomic E-state index is -0.541. The number of nitrogens with one attached hydrogen (secondary N) is 1. The third kappa shape index (κ3) is 5.25. The van der Waals surface area contributed by atoms with E-state index in [2.05, 4.69) is 5.32 Å². The normalized spacial score (nSPS) is 18.2. The van der Waals surface area contributed by atoms with E-state index in [-0.39, 0.29) is 11.8 Å². The van der Waals surface area contributed by atoms with Gasteiger partial charge >= 0.3 is 6.09 Å². The summed E-state index contributed by atoms with van der Waals surface area (Å²) in [6.07, 6.45) is 0.0295. The Morgan fingerprint density at radius 1 is 1.43 bits per heavy atom. The maximum atomic E-state index is 11.9. The van der Waals surface area contributed by atoms with Crippen LogP contribution >= 0.6 is 0 Å². The molecule has 0 spiro atoms. The molecule has 1 aromatic carbocycles. The van der Waals surface area contributed by atoms with E-state index in [9.17, 15) is 9.59 Å². The average molecular weight is 319 g/mol. The SMILES string of the molecule is CC(C)(C)OC(=O)Nc1cccc(CN2CC(CN)CC2=O)c1. The monoisotopic (exact) mass is 319 g/mol. The van der Waals surface area contributed by atoms with E-state index in [1.807, 2.05) is 43.9 Å². The van der Waals surface area contributed by atoms with Crippen LogP contribution in [0.25, 0.3) is 0 Å². The van der Waals surface area contributed by atoms with E-state index in [1.54, 1.807) is 6.07 Å². The van der Waals surface area contributed by atoms with Crippen molar-refractivity contribution in [2.24, 2.45) is 11.7 Å². The number of likely N-dealkylation sites (tertiary alicyclic amines) is 1. The molecule has 1 aliphatic rings. The number of rotatable bonds is 4. The summed E-state index contributed by atoms with van der Waals surface area (Å²) in [5.74, 6) is 0.372. The van der Waals surface area contributed by atoms with E-state index >= 15 is 0 Å². The molecule has 0 saturated carbocycles. The van der Waals surface area contributed by atoms with Gasteiger partial charge in [0.05, 0.1) is 0 Å². The average Bonchev–Trinajstić information content (AvgIpc) is 2.77. The van der Waals surface area contributed by atoms with Crippen LogP contribution in [0.2, 0.25) is 0 Å². The molecule has 126 valence electrons. The van der Waals surface area contributed by atoms with Gasteiger partial charge in [0.25, 0.3) is 0 Å². The number of hydrogen-bond acceptors (Lipinski definition) is 4. The highest BCUT2D eigenvalue weighted by Crippen LogP contribution is 2.21. The Hall–Kier alpha value is -2.08. The highest BCUT2D eigenvalue weighted by molar-refractivity contribution is 5.85. The Kier molecular flexibility index (Phi) is 5.26. The lowest BCUT2D eigenvalue weighted by molar-refractivity contribution is -0.128. The van der Waals surface area contributed by atoms with Crippen molar-refractivity contribution in [3.8, 4) is 0 Å². The first-order valence-electron chi connectivity index (χ1n) is 7.83. The quantitative estimate of drug-likeness (QED) is 0.892. The molecule has 1 aromatic rings. The Bertz CT molecular complexity index is 581. The zero-order valence-electron chi connectivity index (χ0n) is 14.0. The Morgan fingerprint density at radius 3 is 2.78 bits per heavy atom. The van der Waals surface area contributed by atoms with Crippen LogP contribution in [0.3, 0.4) is 0 Å². The van der Waals surface area contributed by atoms with E-state index in [4.69, 9.17) is 10.5 Å². The van der Waals surface area contributed by atoms with Gasteiger partial charge in [0.15, 0.2) is 0 Å². The first-order chi connectivity index (χ1) is 10.8. The molecule has 6 heteroatoms. The molecular weight excluding hydrogens is 294 g/mol. The summed E-state index contributed by atoms with van der Waals surface area (Å²) in [5.41, 5.74) is 6.71. The fourth-order valence-corrected chi connectivity index (χ4v) is 2.55. The Morgan fingerprint density at radius 2 is 2.17 bits per heavy atom. The molecule has 6 nitrogen and oxygen atoms in total. The first kappa shape index (κ1) is 17.3. The number of ether oxygens (including phenoxy) is 1. The highest BCUT2D eigenvalue weighted by atomic mass is 16.6. The van der Waals surface area contributed by atoms with Crippen LogP contribution in [0, 0.1) is 5.92 Å². The summed E-state index contributed by atoms with van der Waals surface area (Å²) in [6, 6.07) is 7.43. The molecule has 0 radical (unpaired) electrons. The van der Waals surface area contributed by atoms with Crippen LogP contribution in [0.5, 0.6) is 0 Å². The van der Waals surface area contributed by atoms with Crippen LogP contribution in [-0.4, -0.2) is 35.6 Å². The number of benzene rings is 1. The largest absolute Gasteiger partial charge is 0.444 e. The fraction of sp³-hybridized carbons (Fsp3) is 0.529. The maximum Gasteiger partial charge on any atom is 0.412 e. The second-order valence-electron chi connectivity index (χ2n) is 6.91. The van der Waals surface area contributed by atoms with Crippen LogP contribution < -0.4 is 11.1 Å². The molecule has 1 aliphatic heterocycles. The first-order valence-corrected chi connectivity index (χ1v) is 7.83. The van der Waals surface area contributed by atoms with Crippen molar-refractivity contribution < 1.29 is 14.3 Å². The highest BCUT2D eigenvalue weighted by Gasteiger charge is 2.28. The molecule has 1 fully saturated rings. The molecule has 0 aliphatic carbocycles. The number of carbonyl (C=O) groups excluding carboxylic acids is 2. The minimum Gasteiger partial charge on any atom is -0.444 e. The summed E-state index contributed by atoms with van der Waals surface area (Å²) < 4.78 is 5.23. The van der Waals surface area contributed by atoms with Crippen LogP contribution in [-0.2, 0) is 16.1 Å². The van der Waals surface area contributed by atoms with Crippen LogP contribution in [0.1, 0.15) is 32.8 Å². The second-order valence-corrected chi connectivity index (χ2v) is 6.91. The molecular formula is C17H25N3O3. The standard InChI is InChI=1S/C17H25N3O3/c1-17(2,3)23-16(22)19-14-6-4-5-12(7-14)10-20-11-13(9-18)8-15(20)21/h4-7,13H,8-11,18H2,1-3H3,(H,19,22). The van der Waals surface area contributed by atoms with Gasteiger partial charge in [-0.05, 0) is 50.9 Å². The fourth-order valence-electron chi connectivity index (χ4n) is 2.55. The predicted molar refractivity (Wildman–Crippen MR) is 88.9 cm³/mol. The summed E-state index contributed by atoms with van der Waals surface area (Å²) in [6.45, 7) is 7.20. The molecule has 1 unspecified atom stereocenters. The summed E-state index contributed by atoms with van der Waals surface area (Å²) in [7, 11) is 0. The number of nitrogens with two attached hydrogens (primary N) is 1. The topological polar surface area (TPSA) is 84.7 Å². The zero-order chi connectivity index (χ0) is 17.0. The van der Waals surface area contributed by atoms with Gasteiger partial charge in [0.1, 0.15) is 5.60 Å². The van der Waals surface area contributed by atoms with Gasteiger partial charge in [-0.25, -0.2) is 4.79 Å². The van der Waals surface area contributed by atoms with Crippen molar-refractivity contribution in [2.45, 2.75) is 39.3 Å². The number of nitrogens with zero attached hydrogens (tertiary/aromatic N) is 1. The lowest BCUT2D eigenvalue weighted by atomic mass is 10.1. The van der Waals surface area contributed by atoms with E-state index in [0.29, 0.717) is 31.7 Å². The summed E-state index contributed by atoms with van der Waals surface area (Å²) >= 11 is 0. The number of hydrogen-bond donors (Lipinski definition) is 2. The van der Waals surface area contributed by atoms with E-state index < -0.39 is 11.7 Å². The molecule has 23 heavy (non-hydrogen) atoms. The maximum absolute atomic E-state index is 11.9. The van der Waals surface area contributed by atoms with Crippen molar-refractivity contribution in [2.75, 3.05) is 18.4 Å². The van der Waals surface area contributed by atoms with Gasteiger partial charge < -0.3 is 15.4 Å². The van der Waals surface area contributed by atoms with E-state index in [0.717, 1.165) is 5.56 Å². The Labute approximate surface area is 137 Å². The summed E-state index contributed by atoms with van der Waals surface area (Å²) in [5, 5.41) is 2.71. The third-order valence-corrected chi connectivity index (χ3v) is 3.57. The lowest BCUT2D eigenvalue weighted by Gasteiger charge is -2.20. The third-order valence-electron chi connectivity index (χ3n) is 3.57. The molecule has 0 aromatic heterocycles. The van der Waals surface area contributed by atoms with Crippen molar-refractivity contribution in [1.29, 1.82) is 0 Å². The molecule has 3 N–H and O–H groups in total. The van der Waals surface area contributed by atoms with Crippen LogP contribution in [0.4, 0.5) is 10.5 Å². The molecule has 1 saturated heterocycles. The second kappa shape index (κ2) is 7.00. The van der Waals surface area contributed by atoms with E-state index in [1.165, 1.54) is 0 Å². The smallest absolute Gasteiger partial charge is 0.412 e. The number of amides is 2. The molecule has 1 atom stereocenters. The van der Waals surface area contributed by atoms with Gasteiger partial charge in [-0.3, -0.25) is 10.1 Å². The number of carbonyl (C=O) groups is 2. The minimum absolute atomic E-state index is 0.131. The van der Waals surface area contributed by atoms with Gasteiger partial charge in [-0.1, -0.05) is 12.1 Å². The molecule has 2 amide bonds. The van der Waals surface area contributed by atoms with Gasteiger partial charge in [-0.15, -0.1) is 0 Å². The van der Waals surface area contributed by atoms with Crippen molar-refractivity contribution in [3.05, 3.63) is 29.8 Å². The lowest BCUT2D eigenvalue weighted by Crippen LogP contribution is -2.27. The van der Waals surface area contributed by atoms with Gasteiger partial charge in [0, 0.05) is 25.2 Å². The van der Waals surface area contributed by atoms with Crippen molar-refractivity contribution in [1.82, 2.24) is 4.90 Å². The van der Waals surface area contributed by atoms with Gasteiger partial charge in [0.2, 0.25) is 5.91 Å². The zero-order valence-corrected chi connectivity index (χ0v) is 14.0. The molecule has 0 bridgehead atoms. The van der Waals surface area contributed by atoms with Crippen molar-refractivity contribution >= 4 is 17.7 Å². The van der Waals surface area contributed by atoms with Crippen LogP contribution in [0.15, 0.2) is 24.3 Å². The Balaban J connectivity index is 1.97. The van der Waals surface area contributed by atoms with Crippen molar-refractivity contribution in [3.63, 3.8) is 0 Å². The number of anilines is 1. The molecule has 1 heterocycles. The summed E-state index contributed by atoms with van der Waals surface area (Å²) in [4.78, 5) is 25.6. The molecule has 2 rings (SSSR count).